The molecule has 0 amide bonds. The number of hydrogen-bond donors (Lipinski definition) is 1. The van der Waals surface area contributed by atoms with E-state index in [0.29, 0.717) is 5.02 Å². The molecule has 0 radical (unpaired) electrons. The summed E-state index contributed by atoms with van der Waals surface area (Å²) in [6, 6.07) is 13.7. The molecule has 0 saturated carbocycles. The molecule has 4 heteroatoms. The molecule has 0 aliphatic heterocycles. The van der Waals surface area contributed by atoms with Gasteiger partial charge in [-0.1, -0.05) is 11.6 Å². The highest BCUT2D eigenvalue weighted by Crippen LogP contribution is 2.32. The van der Waals surface area contributed by atoms with E-state index in [1.807, 2.05) is 37.6 Å². The van der Waals surface area contributed by atoms with E-state index in [1.165, 1.54) is 0 Å². The zero-order chi connectivity index (χ0) is 14.6. The minimum absolute atomic E-state index is 0.233. The fourth-order valence-electron chi connectivity index (χ4n) is 2.79. The maximum absolute atomic E-state index is 10.4. The van der Waals surface area contributed by atoms with E-state index in [0.717, 1.165) is 27.4 Å². The van der Waals surface area contributed by atoms with Crippen LogP contribution < -0.4 is 0 Å². The van der Waals surface area contributed by atoms with Crippen LogP contribution in [0.4, 0.5) is 0 Å². The lowest BCUT2D eigenvalue weighted by Gasteiger charge is -2.05. The molecule has 104 valence electrons. The van der Waals surface area contributed by atoms with Gasteiger partial charge in [0.2, 0.25) is 5.88 Å². The summed E-state index contributed by atoms with van der Waals surface area (Å²) in [5, 5.41) is 14.0. The third kappa shape index (κ3) is 1.82. The summed E-state index contributed by atoms with van der Waals surface area (Å²) < 4.78 is 3.86. The molecule has 3 nitrogen and oxygen atoms in total. The zero-order valence-corrected chi connectivity index (χ0v) is 12.2. The molecular weight excluding hydrogens is 284 g/mol. The summed E-state index contributed by atoms with van der Waals surface area (Å²) in [7, 11) is 2.02. The molecule has 4 aromatic rings. The van der Waals surface area contributed by atoms with Gasteiger partial charge >= 0.3 is 0 Å². The van der Waals surface area contributed by atoms with Gasteiger partial charge in [0.1, 0.15) is 0 Å². The summed E-state index contributed by atoms with van der Waals surface area (Å²) in [6.45, 7) is 0. The first-order valence-corrected chi connectivity index (χ1v) is 7.06. The van der Waals surface area contributed by atoms with E-state index < -0.39 is 0 Å². The van der Waals surface area contributed by atoms with E-state index in [-0.39, 0.29) is 5.88 Å². The van der Waals surface area contributed by atoms with E-state index in [4.69, 9.17) is 11.6 Å². The van der Waals surface area contributed by atoms with Gasteiger partial charge in [-0.3, -0.25) is 4.57 Å². The first-order chi connectivity index (χ1) is 10.1. The Morgan fingerprint density at radius 3 is 2.71 bits per heavy atom. The van der Waals surface area contributed by atoms with Gasteiger partial charge in [0.15, 0.2) is 0 Å². The van der Waals surface area contributed by atoms with Crippen LogP contribution in [0.5, 0.6) is 5.88 Å². The normalized spacial score (nSPS) is 11.5. The van der Waals surface area contributed by atoms with Crippen LogP contribution in [0.1, 0.15) is 0 Å². The molecule has 21 heavy (non-hydrogen) atoms. The van der Waals surface area contributed by atoms with Crippen LogP contribution in [-0.2, 0) is 7.05 Å². The number of aryl methyl sites for hydroxylation is 1. The second-order valence-corrected chi connectivity index (χ2v) is 5.66. The Bertz CT molecular complexity index is 981. The van der Waals surface area contributed by atoms with Crippen LogP contribution in [0.25, 0.3) is 27.4 Å². The molecule has 0 fully saturated rings. The Morgan fingerprint density at radius 1 is 1.00 bits per heavy atom. The fraction of sp³-hybridized carbons (Fsp3) is 0.0588. The van der Waals surface area contributed by atoms with Gasteiger partial charge < -0.3 is 9.67 Å². The van der Waals surface area contributed by atoms with Crippen molar-refractivity contribution in [2.24, 2.45) is 7.05 Å². The van der Waals surface area contributed by atoms with Gasteiger partial charge in [-0.25, -0.2) is 0 Å². The lowest BCUT2D eigenvalue weighted by molar-refractivity contribution is 0.448. The number of nitrogens with zero attached hydrogens (tertiary/aromatic N) is 2. The van der Waals surface area contributed by atoms with Crippen molar-refractivity contribution in [3.8, 4) is 11.6 Å². The molecule has 1 N–H and O–H groups in total. The molecule has 0 aliphatic carbocycles. The Morgan fingerprint density at radius 2 is 1.86 bits per heavy atom. The quantitative estimate of drug-likeness (QED) is 0.551. The van der Waals surface area contributed by atoms with Crippen LogP contribution in [0.15, 0.2) is 54.9 Å². The average Bonchev–Trinajstić information content (AvgIpc) is 3.00. The highest BCUT2D eigenvalue weighted by atomic mass is 35.5. The van der Waals surface area contributed by atoms with E-state index in [1.54, 1.807) is 10.6 Å². The number of aromatic nitrogens is 2. The molecule has 2 aromatic carbocycles. The Balaban J connectivity index is 1.96. The molecule has 0 unspecified atom stereocenters. The van der Waals surface area contributed by atoms with Crippen molar-refractivity contribution >= 4 is 33.3 Å². The second-order valence-electron chi connectivity index (χ2n) is 5.22. The molecule has 0 bridgehead atoms. The van der Waals surface area contributed by atoms with Crippen LogP contribution in [0.2, 0.25) is 5.02 Å². The van der Waals surface area contributed by atoms with Gasteiger partial charge in [-0.15, -0.1) is 0 Å². The van der Waals surface area contributed by atoms with Crippen LogP contribution >= 0.6 is 11.6 Å². The van der Waals surface area contributed by atoms with E-state index >= 15 is 0 Å². The number of fused-ring (bicyclic) bond motifs is 2. The lowest BCUT2D eigenvalue weighted by Crippen LogP contribution is -1.91. The summed E-state index contributed by atoms with van der Waals surface area (Å²) in [5.74, 6) is 0.233. The summed E-state index contributed by atoms with van der Waals surface area (Å²) in [4.78, 5) is 0. The SMILES string of the molecule is Cn1ccc2cc(-n3cc4cc(Cl)ccc4c3O)ccc21. The predicted molar refractivity (Wildman–Crippen MR) is 86.4 cm³/mol. The first kappa shape index (κ1) is 12.4. The Hall–Kier alpha value is -2.39. The van der Waals surface area contributed by atoms with E-state index in [2.05, 4.69) is 22.8 Å². The van der Waals surface area contributed by atoms with Crippen molar-refractivity contribution in [1.29, 1.82) is 0 Å². The van der Waals surface area contributed by atoms with Gasteiger partial charge in [0.05, 0.1) is 0 Å². The van der Waals surface area contributed by atoms with Gasteiger partial charge in [-0.05, 0) is 42.5 Å². The molecule has 0 aliphatic rings. The number of rotatable bonds is 1. The molecule has 0 spiro atoms. The number of aromatic hydroxyl groups is 1. The predicted octanol–water partition coefficient (Wildman–Crippen LogP) is 4.48. The van der Waals surface area contributed by atoms with Gasteiger partial charge in [0, 0.05) is 51.8 Å². The van der Waals surface area contributed by atoms with Crippen LogP contribution in [0.3, 0.4) is 0 Å². The number of halogens is 1. The van der Waals surface area contributed by atoms with Crippen molar-refractivity contribution in [1.82, 2.24) is 9.13 Å². The van der Waals surface area contributed by atoms with E-state index in [9.17, 15) is 5.11 Å². The fourth-order valence-corrected chi connectivity index (χ4v) is 2.97. The summed E-state index contributed by atoms with van der Waals surface area (Å²) in [5.41, 5.74) is 2.09. The van der Waals surface area contributed by atoms with Crippen molar-refractivity contribution in [3.63, 3.8) is 0 Å². The minimum atomic E-state index is 0.233. The van der Waals surface area contributed by atoms with Gasteiger partial charge in [-0.2, -0.15) is 0 Å². The molecule has 2 aromatic heterocycles. The lowest BCUT2D eigenvalue weighted by atomic mass is 10.2. The summed E-state index contributed by atoms with van der Waals surface area (Å²) in [6.07, 6.45) is 3.93. The maximum atomic E-state index is 10.4. The Labute approximate surface area is 126 Å². The minimum Gasteiger partial charge on any atom is -0.494 e. The smallest absolute Gasteiger partial charge is 0.203 e. The largest absolute Gasteiger partial charge is 0.494 e. The Kier molecular flexibility index (Phi) is 2.53. The molecule has 0 atom stereocenters. The number of benzene rings is 2. The third-order valence-electron chi connectivity index (χ3n) is 3.90. The molecular formula is C17H13ClN2O. The highest BCUT2D eigenvalue weighted by Gasteiger charge is 2.10. The van der Waals surface area contributed by atoms with Crippen molar-refractivity contribution in [2.45, 2.75) is 0 Å². The monoisotopic (exact) mass is 296 g/mol. The molecule has 4 rings (SSSR count). The number of hydrogen-bond acceptors (Lipinski definition) is 1. The maximum Gasteiger partial charge on any atom is 0.203 e. The zero-order valence-electron chi connectivity index (χ0n) is 11.4. The molecule has 0 saturated heterocycles. The third-order valence-corrected chi connectivity index (χ3v) is 4.13. The highest BCUT2D eigenvalue weighted by molar-refractivity contribution is 6.31. The van der Waals surface area contributed by atoms with Gasteiger partial charge in [0.25, 0.3) is 0 Å². The second kappa shape index (κ2) is 4.30. The average molecular weight is 297 g/mol. The molecule has 2 heterocycles. The van der Waals surface area contributed by atoms with Crippen molar-refractivity contribution < 1.29 is 5.11 Å². The van der Waals surface area contributed by atoms with Crippen LogP contribution in [0, 0.1) is 0 Å². The standard InChI is InChI=1S/C17H13ClN2O/c1-19-7-6-11-9-14(3-5-16(11)19)20-10-12-8-13(18)2-4-15(12)17(20)21/h2-10,21H,1H3. The van der Waals surface area contributed by atoms with Crippen molar-refractivity contribution in [3.05, 3.63) is 59.9 Å². The van der Waals surface area contributed by atoms with Crippen molar-refractivity contribution in [2.75, 3.05) is 0 Å². The topological polar surface area (TPSA) is 30.1 Å². The van der Waals surface area contributed by atoms with Crippen LogP contribution in [-0.4, -0.2) is 14.2 Å². The summed E-state index contributed by atoms with van der Waals surface area (Å²) >= 11 is 6.01. The first-order valence-electron chi connectivity index (χ1n) is 6.68.